The molecule has 2 heterocycles. The number of nitrogens with zero attached hydrogens (tertiary/aromatic N) is 1. The van der Waals surface area contributed by atoms with Crippen LogP contribution in [0.1, 0.15) is 28.5 Å². The van der Waals surface area contributed by atoms with Gasteiger partial charge in [-0.3, -0.25) is 4.79 Å². The number of hydrogen-bond acceptors (Lipinski definition) is 2. The molecule has 1 fully saturated rings. The summed E-state index contributed by atoms with van der Waals surface area (Å²) < 4.78 is 13.4. The maximum atomic E-state index is 13.4. The van der Waals surface area contributed by atoms with Gasteiger partial charge >= 0.3 is 0 Å². The van der Waals surface area contributed by atoms with Gasteiger partial charge in [0.05, 0.1) is 17.2 Å². The second-order valence-electron chi connectivity index (χ2n) is 5.15. The van der Waals surface area contributed by atoms with Crippen LogP contribution in [-0.4, -0.2) is 33.5 Å². The summed E-state index contributed by atoms with van der Waals surface area (Å²) >= 11 is 5.81. The third-order valence-corrected chi connectivity index (χ3v) is 3.87. The molecule has 21 heavy (non-hydrogen) atoms. The smallest absolute Gasteiger partial charge is 0.270 e. The number of aromatic nitrogens is 1. The SMILES string of the molecule is O=C(c1cc(Cl)c[nH]1)N1C[C@H](O)C[C@H]1c1cccc(F)c1. The molecule has 2 aromatic rings. The maximum Gasteiger partial charge on any atom is 0.270 e. The summed E-state index contributed by atoms with van der Waals surface area (Å²) in [5.74, 6) is -0.614. The fourth-order valence-corrected chi connectivity index (χ4v) is 2.88. The Kier molecular flexibility index (Phi) is 3.69. The predicted octanol–water partition coefficient (Wildman–Crippen LogP) is 2.76. The molecule has 1 aliphatic rings. The van der Waals surface area contributed by atoms with Crippen molar-refractivity contribution < 1.29 is 14.3 Å². The van der Waals surface area contributed by atoms with Crippen LogP contribution in [0.25, 0.3) is 0 Å². The monoisotopic (exact) mass is 308 g/mol. The van der Waals surface area contributed by atoms with Crippen molar-refractivity contribution >= 4 is 17.5 Å². The minimum atomic E-state index is -0.618. The van der Waals surface area contributed by atoms with Gasteiger partial charge in [0.2, 0.25) is 0 Å². The molecule has 6 heteroatoms. The van der Waals surface area contributed by atoms with E-state index in [9.17, 15) is 14.3 Å². The van der Waals surface area contributed by atoms with Gasteiger partial charge in [0.25, 0.3) is 5.91 Å². The number of rotatable bonds is 2. The van der Waals surface area contributed by atoms with Crippen molar-refractivity contribution in [2.75, 3.05) is 6.54 Å². The highest BCUT2D eigenvalue weighted by Gasteiger charge is 2.36. The molecule has 3 rings (SSSR count). The topological polar surface area (TPSA) is 56.3 Å². The molecule has 110 valence electrons. The van der Waals surface area contributed by atoms with Crippen LogP contribution in [0.5, 0.6) is 0 Å². The van der Waals surface area contributed by atoms with Gasteiger partial charge in [-0.2, -0.15) is 0 Å². The number of likely N-dealkylation sites (tertiary alicyclic amines) is 1. The minimum Gasteiger partial charge on any atom is -0.391 e. The van der Waals surface area contributed by atoms with E-state index in [1.165, 1.54) is 24.4 Å². The third kappa shape index (κ3) is 2.80. The lowest BCUT2D eigenvalue weighted by molar-refractivity contribution is 0.0710. The summed E-state index contributed by atoms with van der Waals surface area (Å²) in [6.45, 7) is 0.219. The molecule has 4 nitrogen and oxygen atoms in total. The molecule has 1 aromatic heterocycles. The first-order valence-corrected chi connectivity index (χ1v) is 7.01. The molecule has 1 aromatic carbocycles. The Balaban J connectivity index is 1.91. The molecular weight excluding hydrogens is 295 g/mol. The van der Waals surface area contributed by atoms with E-state index in [4.69, 9.17) is 11.6 Å². The largest absolute Gasteiger partial charge is 0.391 e. The van der Waals surface area contributed by atoms with E-state index in [1.807, 2.05) is 0 Å². The van der Waals surface area contributed by atoms with E-state index < -0.39 is 6.10 Å². The molecule has 2 atom stereocenters. The Labute approximate surface area is 126 Å². The number of β-amino-alcohol motifs (C(OH)–C–C–N with tert-alkyl or cyclic N) is 1. The van der Waals surface area contributed by atoms with Gasteiger partial charge in [-0.05, 0) is 30.2 Å². The number of hydrogen-bond donors (Lipinski definition) is 2. The van der Waals surface area contributed by atoms with Crippen molar-refractivity contribution in [3.63, 3.8) is 0 Å². The summed E-state index contributed by atoms with van der Waals surface area (Å²) in [7, 11) is 0. The molecule has 0 unspecified atom stereocenters. The number of nitrogens with one attached hydrogen (secondary N) is 1. The first-order valence-electron chi connectivity index (χ1n) is 6.63. The summed E-state index contributed by atoms with van der Waals surface area (Å²) in [5.41, 5.74) is 1.04. The number of benzene rings is 1. The van der Waals surface area contributed by atoms with Crippen LogP contribution >= 0.6 is 11.6 Å². The van der Waals surface area contributed by atoms with Gasteiger partial charge in [-0.1, -0.05) is 23.7 Å². The standard InChI is InChI=1S/C15H14ClFN2O2/c16-10-5-13(18-7-10)15(21)19-8-12(20)6-14(19)9-2-1-3-11(17)4-9/h1-5,7,12,14,18,20H,6,8H2/t12-,14+/m1/s1. The van der Waals surface area contributed by atoms with Crippen molar-refractivity contribution in [2.24, 2.45) is 0 Å². The predicted molar refractivity (Wildman–Crippen MR) is 76.6 cm³/mol. The zero-order valence-corrected chi connectivity index (χ0v) is 11.8. The second kappa shape index (κ2) is 5.50. The lowest BCUT2D eigenvalue weighted by Gasteiger charge is -2.24. The Hall–Kier alpha value is -1.85. The first-order chi connectivity index (χ1) is 10.0. The number of H-pyrrole nitrogens is 1. The average Bonchev–Trinajstić information content (AvgIpc) is 3.04. The number of aromatic amines is 1. The molecule has 0 saturated carbocycles. The Morgan fingerprint density at radius 2 is 2.24 bits per heavy atom. The highest BCUT2D eigenvalue weighted by atomic mass is 35.5. The molecule has 0 bridgehead atoms. The molecule has 1 amide bonds. The van der Waals surface area contributed by atoms with E-state index >= 15 is 0 Å². The highest BCUT2D eigenvalue weighted by Crippen LogP contribution is 2.33. The summed E-state index contributed by atoms with van der Waals surface area (Å²) in [5, 5.41) is 10.3. The number of aliphatic hydroxyl groups is 1. The van der Waals surface area contributed by atoms with Crippen molar-refractivity contribution in [1.29, 1.82) is 0 Å². The normalized spacial score (nSPS) is 21.8. The van der Waals surface area contributed by atoms with Gasteiger partial charge < -0.3 is 15.0 Å². The van der Waals surface area contributed by atoms with E-state index in [0.29, 0.717) is 22.7 Å². The Morgan fingerprint density at radius 3 is 2.90 bits per heavy atom. The molecule has 1 aliphatic heterocycles. The third-order valence-electron chi connectivity index (χ3n) is 3.65. The van der Waals surface area contributed by atoms with Gasteiger partial charge in [-0.15, -0.1) is 0 Å². The number of carbonyl (C=O) groups excluding carboxylic acids is 1. The van der Waals surface area contributed by atoms with Crippen molar-refractivity contribution in [1.82, 2.24) is 9.88 Å². The van der Waals surface area contributed by atoms with Gasteiger partial charge in [-0.25, -0.2) is 4.39 Å². The quantitative estimate of drug-likeness (QED) is 0.896. The van der Waals surface area contributed by atoms with Crippen LogP contribution in [0.4, 0.5) is 4.39 Å². The minimum absolute atomic E-state index is 0.219. The summed E-state index contributed by atoms with van der Waals surface area (Å²) in [6, 6.07) is 7.30. The molecule has 0 spiro atoms. The summed E-state index contributed by atoms with van der Waals surface area (Å²) in [6.07, 6.45) is 1.30. The van der Waals surface area contributed by atoms with Crippen LogP contribution in [0.2, 0.25) is 5.02 Å². The molecule has 0 radical (unpaired) electrons. The Bertz CT molecular complexity index is 673. The number of carbonyl (C=O) groups is 1. The van der Waals surface area contributed by atoms with Crippen LogP contribution in [0.3, 0.4) is 0 Å². The van der Waals surface area contributed by atoms with Gasteiger partial charge in [0.1, 0.15) is 11.5 Å². The average molecular weight is 309 g/mol. The Morgan fingerprint density at radius 1 is 1.43 bits per heavy atom. The van der Waals surface area contributed by atoms with E-state index in [0.717, 1.165) is 0 Å². The van der Waals surface area contributed by atoms with E-state index in [1.54, 1.807) is 17.0 Å². The fraction of sp³-hybridized carbons (Fsp3) is 0.267. The van der Waals surface area contributed by atoms with Crippen LogP contribution < -0.4 is 0 Å². The summed E-state index contributed by atoms with van der Waals surface area (Å²) in [4.78, 5) is 16.9. The van der Waals surface area contributed by atoms with Gasteiger partial charge in [0, 0.05) is 12.7 Å². The zero-order valence-electron chi connectivity index (χ0n) is 11.1. The molecule has 0 aliphatic carbocycles. The number of halogens is 2. The van der Waals surface area contributed by atoms with Crippen LogP contribution in [-0.2, 0) is 0 Å². The zero-order chi connectivity index (χ0) is 15.0. The molecule has 1 saturated heterocycles. The lowest BCUT2D eigenvalue weighted by Crippen LogP contribution is -2.32. The van der Waals surface area contributed by atoms with Crippen molar-refractivity contribution in [3.8, 4) is 0 Å². The van der Waals surface area contributed by atoms with Crippen LogP contribution in [0.15, 0.2) is 36.5 Å². The van der Waals surface area contributed by atoms with Crippen molar-refractivity contribution in [3.05, 3.63) is 58.6 Å². The van der Waals surface area contributed by atoms with E-state index in [-0.39, 0.29) is 24.3 Å². The molecule has 2 N–H and O–H groups in total. The highest BCUT2D eigenvalue weighted by molar-refractivity contribution is 6.30. The van der Waals surface area contributed by atoms with Crippen LogP contribution in [0, 0.1) is 5.82 Å². The number of aliphatic hydroxyl groups excluding tert-OH is 1. The van der Waals surface area contributed by atoms with E-state index in [2.05, 4.69) is 4.98 Å². The lowest BCUT2D eigenvalue weighted by atomic mass is 10.0. The second-order valence-corrected chi connectivity index (χ2v) is 5.59. The first kappa shape index (κ1) is 14.1. The van der Waals surface area contributed by atoms with Crippen molar-refractivity contribution in [2.45, 2.75) is 18.6 Å². The maximum absolute atomic E-state index is 13.4. The number of amides is 1. The molecular formula is C15H14ClFN2O2. The van der Waals surface area contributed by atoms with Gasteiger partial charge in [0.15, 0.2) is 0 Å². The fourth-order valence-electron chi connectivity index (χ4n) is 2.71.